The van der Waals surface area contributed by atoms with E-state index in [0.717, 1.165) is 0 Å². The van der Waals surface area contributed by atoms with Crippen LogP contribution in [0, 0.1) is 0 Å². The minimum absolute atomic E-state index is 0.582. The van der Waals surface area contributed by atoms with Crippen molar-refractivity contribution >= 4 is 0 Å². The zero-order valence-corrected chi connectivity index (χ0v) is 10.2. The van der Waals surface area contributed by atoms with Crippen molar-refractivity contribution in [3.63, 3.8) is 0 Å². The van der Waals surface area contributed by atoms with E-state index in [0.29, 0.717) is 6.17 Å². The Hall–Kier alpha value is -0.120. The highest BCUT2D eigenvalue weighted by Gasteiger charge is 2.15. The summed E-state index contributed by atoms with van der Waals surface area (Å²) in [4.78, 5) is 7.33. The van der Waals surface area contributed by atoms with Crippen LogP contribution < -0.4 is 0 Å². The van der Waals surface area contributed by atoms with E-state index in [2.05, 4.69) is 42.8 Å². The number of hydrogen-bond acceptors (Lipinski definition) is 3. The van der Waals surface area contributed by atoms with Crippen molar-refractivity contribution in [2.24, 2.45) is 0 Å². The van der Waals surface area contributed by atoms with Gasteiger partial charge in [-0.2, -0.15) is 0 Å². The molecule has 3 nitrogen and oxygen atoms in total. The van der Waals surface area contributed by atoms with Crippen molar-refractivity contribution in [2.45, 2.75) is 25.9 Å². The highest BCUT2D eigenvalue weighted by molar-refractivity contribution is 4.67. The molecule has 0 radical (unpaired) electrons. The van der Waals surface area contributed by atoms with Crippen LogP contribution in [0.1, 0.15) is 19.8 Å². The Morgan fingerprint density at radius 2 is 1.21 bits per heavy atom. The Morgan fingerprint density at radius 3 is 1.64 bits per heavy atom. The first-order chi connectivity index (χ1) is 6.61. The maximum atomic E-state index is 2.44. The number of nitrogens with zero attached hydrogens (tertiary/aromatic N) is 3. The Bertz CT molecular complexity index is 145. The van der Waals surface area contributed by atoms with Crippen molar-refractivity contribution in [1.29, 1.82) is 0 Å². The molecule has 0 amide bonds. The van der Waals surface area contributed by atoms with Crippen LogP contribution in [0.4, 0.5) is 0 Å². The van der Waals surface area contributed by atoms with Crippen molar-refractivity contribution in [2.75, 3.05) is 47.3 Å². The first-order valence-electron chi connectivity index (χ1n) is 5.70. The van der Waals surface area contributed by atoms with Crippen LogP contribution in [0.25, 0.3) is 0 Å². The molecule has 14 heavy (non-hydrogen) atoms. The van der Waals surface area contributed by atoms with Gasteiger partial charge in [0.25, 0.3) is 0 Å². The Balaban J connectivity index is 2.45. The summed E-state index contributed by atoms with van der Waals surface area (Å²) < 4.78 is 0. The molecule has 0 aromatic carbocycles. The molecule has 0 bridgehead atoms. The van der Waals surface area contributed by atoms with Gasteiger partial charge in [0.2, 0.25) is 0 Å². The highest BCUT2D eigenvalue weighted by atomic mass is 15.3. The lowest BCUT2D eigenvalue weighted by Crippen LogP contribution is -2.45. The number of hydrogen-bond donors (Lipinski definition) is 0. The summed E-state index contributed by atoms with van der Waals surface area (Å²) in [5.41, 5.74) is 0. The summed E-state index contributed by atoms with van der Waals surface area (Å²) >= 11 is 0. The van der Waals surface area contributed by atoms with Crippen LogP contribution in [-0.2, 0) is 0 Å². The van der Waals surface area contributed by atoms with E-state index >= 15 is 0 Å². The molecular formula is C11H25N3. The van der Waals surface area contributed by atoms with Crippen LogP contribution in [0.3, 0.4) is 0 Å². The van der Waals surface area contributed by atoms with E-state index in [-0.39, 0.29) is 0 Å². The van der Waals surface area contributed by atoms with Gasteiger partial charge in [0.1, 0.15) is 0 Å². The molecule has 0 atom stereocenters. The molecule has 3 heteroatoms. The molecule has 0 spiro atoms. The lowest BCUT2D eigenvalue weighted by atomic mass is 10.2. The fraction of sp³-hybridized carbons (Fsp3) is 1.00. The van der Waals surface area contributed by atoms with Crippen LogP contribution >= 0.6 is 0 Å². The van der Waals surface area contributed by atoms with Gasteiger partial charge in [-0.1, -0.05) is 0 Å². The minimum Gasteiger partial charge on any atom is -0.306 e. The Labute approximate surface area is 88.7 Å². The topological polar surface area (TPSA) is 9.72 Å². The average molecular weight is 199 g/mol. The van der Waals surface area contributed by atoms with Crippen LogP contribution in [0.2, 0.25) is 0 Å². The largest absolute Gasteiger partial charge is 0.306 e. The van der Waals surface area contributed by atoms with Crippen LogP contribution in [0.15, 0.2) is 0 Å². The molecule has 0 N–H and O–H groups in total. The third-order valence-electron chi connectivity index (χ3n) is 3.38. The smallest absolute Gasteiger partial charge is 0.0588 e. The summed E-state index contributed by atoms with van der Waals surface area (Å²) in [6, 6.07) is 0. The Morgan fingerprint density at radius 1 is 0.786 bits per heavy atom. The summed E-state index contributed by atoms with van der Waals surface area (Å²) in [6.07, 6.45) is 3.15. The van der Waals surface area contributed by atoms with E-state index in [4.69, 9.17) is 0 Å². The van der Waals surface area contributed by atoms with Gasteiger partial charge in [-0.3, -0.25) is 9.80 Å². The van der Waals surface area contributed by atoms with Gasteiger partial charge in [-0.25, -0.2) is 0 Å². The zero-order valence-electron chi connectivity index (χ0n) is 10.2. The SMILES string of the molecule is CC1N(C)CCCN(C)CCCN1C. The summed E-state index contributed by atoms with van der Waals surface area (Å²) in [6.45, 7) is 7.18. The predicted octanol–water partition coefficient (Wildman–Crippen LogP) is 0.922. The summed E-state index contributed by atoms with van der Waals surface area (Å²) in [7, 11) is 6.68. The van der Waals surface area contributed by atoms with E-state index in [9.17, 15) is 0 Å². The standard InChI is InChI=1S/C11H25N3/c1-11-13(3)9-5-7-12(2)8-6-10-14(11)4/h11H,5-10H2,1-4H3. The molecule has 0 unspecified atom stereocenters. The van der Waals surface area contributed by atoms with Gasteiger partial charge >= 0.3 is 0 Å². The molecule has 0 aliphatic carbocycles. The molecule has 1 fully saturated rings. The first-order valence-corrected chi connectivity index (χ1v) is 5.70. The molecule has 1 rings (SSSR count). The first kappa shape index (κ1) is 12.0. The average Bonchev–Trinajstić information content (AvgIpc) is 2.15. The third-order valence-corrected chi connectivity index (χ3v) is 3.38. The molecule has 0 aromatic rings. The van der Waals surface area contributed by atoms with Crippen LogP contribution in [0.5, 0.6) is 0 Å². The van der Waals surface area contributed by atoms with Crippen LogP contribution in [-0.4, -0.2) is 68.2 Å². The van der Waals surface area contributed by atoms with E-state index < -0.39 is 0 Å². The maximum absolute atomic E-state index is 2.44. The van der Waals surface area contributed by atoms with Gasteiger partial charge in [0, 0.05) is 13.1 Å². The second kappa shape index (κ2) is 5.69. The van der Waals surface area contributed by atoms with Crippen molar-refractivity contribution in [3.8, 4) is 0 Å². The van der Waals surface area contributed by atoms with E-state index in [1.165, 1.54) is 39.0 Å². The van der Waals surface area contributed by atoms with E-state index in [1.807, 2.05) is 0 Å². The van der Waals surface area contributed by atoms with Crippen molar-refractivity contribution < 1.29 is 0 Å². The van der Waals surface area contributed by atoms with Gasteiger partial charge in [-0.05, 0) is 54.0 Å². The second-order valence-corrected chi connectivity index (χ2v) is 4.60. The van der Waals surface area contributed by atoms with E-state index in [1.54, 1.807) is 0 Å². The van der Waals surface area contributed by atoms with Gasteiger partial charge in [0.15, 0.2) is 0 Å². The minimum atomic E-state index is 0.582. The molecule has 1 saturated heterocycles. The molecular weight excluding hydrogens is 174 g/mol. The molecule has 0 saturated carbocycles. The predicted molar refractivity (Wildman–Crippen MR) is 61.5 cm³/mol. The fourth-order valence-electron chi connectivity index (χ4n) is 2.00. The quantitative estimate of drug-likeness (QED) is 0.574. The van der Waals surface area contributed by atoms with Gasteiger partial charge in [-0.15, -0.1) is 0 Å². The summed E-state index contributed by atoms with van der Waals surface area (Å²) in [5.74, 6) is 0. The zero-order chi connectivity index (χ0) is 10.6. The maximum Gasteiger partial charge on any atom is 0.0588 e. The lowest BCUT2D eigenvalue weighted by molar-refractivity contribution is 0.0831. The fourth-order valence-corrected chi connectivity index (χ4v) is 2.00. The molecule has 1 aliphatic rings. The van der Waals surface area contributed by atoms with Gasteiger partial charge < -0.3 is 4.90 Å². The second-order valence-electron chi connectivity index (χ2n) is 4.60. The Kier molecular flexibility index (Phi) is 4.85. The van der Waals surface area contributed by atoms with Crippen molar-refractivity contribution in [1.82, 2.24) is 14.7 Å². The summed E-state index contributed by atoms with van der Waals surface area (Å²) in [5, 5.41) is 0. The molecule has 1 heterocycles. The normalized spacial score (nSPS) is 26.6. The lowest BCUT2D eigenvalue weighted by Gasteiger charge is -2.34. The third kappa shape index (κ3) is 3.56. The molecule has 1 aliphatic heterocycles. The van der Waals surface area contributed by atoms with Gasteiger partial charge in [0.05, 0.1) is 6.17 Å². The highest BCUT2D eigenvalue weighted by Crippen LogP contribution is 2.05. The van der Waals surface area contributed by atoms with Crippen molar-refractivity contribution in [3.05, 3.63) is 0 Å². The molecule has 84 valence electrons. The number of rotatable bonds is 0. The monoisotopic (exact) mass is 199 g/mol. The molecule has 0 aromatic heterocycles.